The number of aliphatic carboxylic acids is 1. The summed E-state index contributed by atoms with van der Waals surface area (Å²) in [6, 6.07) is 5.80. The van der Waals surface area contributed by atoms with Crippen molar-refractivity contribution in [3.8, 4) is 0 Å². The Morgan fingerprint density at radius 2 is 2.29 bits per heavy atom. The molecule has 0 saturated heterocycles. The number of aryl methyl sites for hydroxylation is 1. The first-order valence-electron chi connectivity index (χ1n) is 5.69. The van der Waals surface area contributed by atoms with Crippen LogP contribution >= 0.6 is 0 Å². The third kappa shape index (κ3) is 1.69. The average Bonchev–Trinajstić information content (AvgIpc) is 2.91. The molecule has 1 N–H and O–H groups in total. The number of aromatic nitrogens is 1. The van der Waals surface area contributed by atoms with Gasteiger partial charge in [-0.3, -0.25) is 4.79 Å². The third-order valence-electron chi connectivity index (χ3n) is 3.45. The monoisotopic (exact) mass is 231 g/mol. The second kappa shape index (κ2) is 3.32. The zero-order valence-electron chi connectivity index (χ0n) is 9.56. The molecule has 4 nitrogen and oxygen atoms in total. The molecule has 1 heterocycles. The summed E-state index contributed by atoms with van der Waals surface area (Å²) in [6.45, 7) is 1.81. The number of hydrogen-bond donors (Lipinski definition) is 1. The van der Waals surface area contributed by atoms with Crippen LogP contribution in [0.1, 0.15) is 30.7 Å². The van der Waals surface area contributed by atoms with E-state index in [1.807, 2.05) is 25.1 Å². The van der Waals surface area contributed by atoms with Gasteiger partial charge in [0, 0.05) is 12.3 Å². The summed E-state index contributed by atoms with van der Waals surface area (Å²) in [5.41, 5.74) is 2.49. The van der Waals surface area contributed by atoms with Crippen LogP contribution in [0.25, 0.3) is 11.1 Å². The van der Waals surface area contributed by atoms with Crippen molar-refractivity contribution < 1.29 is 14.3 Å². The van der Waals surface area contributed by atoms with E-state index in [0.717, 1.165) is 29.5 Å². The molecule has 0 spiro atoms. The first-order chi connectivity index (χ1) is 8.09. The Balaban J connectivity index is 2.03. The first-order valence-corrected chi connectivity index (χ1v) is 5.69. The summed E-state index contributed by atoms with van der Waals surface area (Å²) >= 11 is 0. The Morgan fingerprint density at radius 1 is 1.53 bits per heavy atom. The molecule has 4 heteroatoms. The topological polar surface area (TPSA) is 63.3 Å². The Kier molecular flexibility index (Phi) is 2.02. The van der Waals surface area contributed by atoms with Crippen molar-refractivity contribution in [2.75, 3.05) is 0 Å². The lowest BCUT2D eigenvalue weighted by molar-refractivity contribution is -0.137. The van der Waals surface area contributed by atoms with Gasteiger partial charge in [-0.15, -0.1) is 0 Å². The lowest BCUT2D eigenvalue weighted by atomic mass is 9.92. The molecular formula is C13H13NO3. The van der Waals surface area contributed by atoms with Crippen molar-refractivity contribution in [2.24, 2.45) is 0 Å². The van der Waals surface area contributed by atoms with Crippen LogP contribution in [-0.2, 0) is 10.2 Å². The van der Waals surface area contributed by atoms with Crippen LogP contribution in [0.3, 0.4) is 0 Å². The van der Waals surface area contributed by atoms with Crippen LogP contribution in [0.5, 0.6) is 0 Å². The van der Waals surface area contributed by atoms with E-state index >= 15 is 0 Å². The molecule has 88 valence electrons. The smallest absolute Gasteiger partial charge is 0.304 e. The molecule has 1 aromatic carbocycles. The van der Waals surface area contributed by atoms with Gasteiger partial charge in [0.15, 0.2) is 11.5 Å². The second-order valence-electron chi connectivity index (χ2n) is 4.77. The molecule has 0 aliphatic heterocycles. The molecule has 2 aromatic rings. The van der Waals surface area contributed by atoms with Gasteiger partial charge in [0.25, 0.3) is 0 Å². The number of carboxylic acids is 1. The maximum absolute atomic E-state index is 10.9. The largest absolute Gasteiger partial charge is 0.481 e. The van der Waals surface area contributed by atoms with Crippen molar-refractivity contribution in [1.29, 1.82) is 0 Å². The van der Waals surface area contributed by atoms with Crippen molar-refractivity contribution in [3.05, 3.63) is 29.7 Å². The Bertz CT molecular complexity index is 596. The number of nitrogens with zero attached hydrogens (tertiary/aromatic N) is 1. The lowest BCUT2D eigenvalue weighted by Gasteiger charge is -2.12. The first kappa shape index (κ1) is 10.3. The number of benzene rings is 1. The van der Waals surface area contributed by atoms with E-state index in [1.54, 1.807) is 0 Å². The maximum atomic E-state index is 10.9. The average molecular weight is 231 g/mol. The Hall–Kier alpha value is -1.84. The number of carboxylic acid groups (broad SMARTS) is 1. The van der Waals surface area contributed by atoms with Gasteiger partial charge >= 0.3 is 5.97 Å². The zero-order chi connectivity index (χ0) is 12.0. The minimum absolute atomic E-state index is 0.160. The van der Waals surface area contributed by atoms with E-state index in [4.69, 9.17) is 9.52 Å². The minimum Gasteiger partial charge on any atom is -0.481 e. The van der Waals surface area contributed by atoms with E-state index < -0.39 is 5.97 Å². The molecule has 0 radical (unpaired) electrons. The fourth-order valence-corrected chi connectivity index (χ4v) is 2.38. The zero-order valence-corrected chi connectivity index (χ0v) is 9.56. The number of hydrogen-bond acceptors (Lipinski definition) is 3. The molecule has 17 heavy (non-hydrogen) atoms. The standard InChI is InChI=1S/C13H13NO3/c1-8-14-10-6-9(2-3-11(10)17-8)13(4-5-13)7-12(15)16/h2-3,6H,4-5,7H2,1H3,(H,15,16). The minimum atomic E-state index is -0.737. The SMILES string of the molecule is Cc1nc2cc(C3(CC(=O)O)CC3)ccc2o1. The van der Waals surface area contributed by atoms with Crippen molar-refractivity contribution in [2.45, 2.75) is 31.6 Å². The maximum Gasteiger partial charge on any atom is 0.304 e. The summed E-state index contributed by atoms with van der Waals surface area (Å²) < 4.78 is 5.41. The Labute approximate surface area is 98.3 Å². The molecule has 0 bridgehead atoms. The third-order valence-corrected chi connectivity index (χ3v) is 3.45. The molecule has 1 fully saturated rings. The van der Waals surface area contributed by atoms with Crippen LogP contribution in [0, 0.1) is 6.92 Å². The highest BCUT2D eigenvalue weighted by Gasteiger charge is 2.46. The molecule has 3 rings (SSSR count). The Morgan fingerprint density at radius 3 is 2.94 bits per heavy atom. The van der Waals surface area contributed by atoms with Gasteiger partial charge in [0.05, 0.1) is 6.42 Å². The van der Waals surface area contributed by atoms with E-state index in [0.29, 0.717) is 5.89 Å². The molecule has 1 aliphatic carbocycles. The van der Waals surface area contributed by atoms with Crippen molar-refractivity contribution >= 4 is 17.1 Å². The van der Waals surface area contributed by atoms with Gasteiger partial charge in [-0.25, -0.2) is 4.98 Å². The van der Waals surface area contributed by atoms with Crippen LogP contribution in [-0.4, -0.2) is 16.1 Å². The molecule has 1 saturated carbocycles. The van der Waals surface area contributed by atoms with Crippen molar-refractivity contribution in [1.82, 2.24) is 4.98 Å². The van der Waals surface area contributed by atoms with Gasteiger partial charge in [-0.05, 0) is 30.5 Å². The van der Waals surface area contributed by atoms with Gasteiger partial charge in [0.1, 0.15) is 5.52 Å². The van der Waals surface area contributed by atoms with E-state index in [1.165, 1.54) is 0 Å². The predicted molar refractivity (Wildman–Crippen MR) is 61.9 cm³/mol. The van der Waals surface area contributed by atoms with Gasteiger partial charge in [0.2, 0.25) is 0 Å². The molecule has 1 aliphatic rings. The predicted octanol–water partition coefficient (Wildman–Crippen LogP) is 2.64. The van der Waals surface area contributed by atoms with Crippen molar-refractivity contribution in [3.63, 3.8) is 0 Å². The quantitative estimate of drug-likeness (QED) is 0.882. The summed E-state index contributed by atoms with van der Waals surface area (Å²) in [7, 11) is 0. The highest BCUT2D eigenvalue weighted by Crippen LogP contribution is 2.51. The summed E-state index contributed by atoms with van der Waals surface area (Å²) in [6.07, 6.45) is 2.10. The molecule has 0 amide bonds. The van der Waals surface area contributed by atoms with E-state index in [2.05, 4.69) is 4.98 Å². The summed E-state index contributed by atoms with van der Waals surface area (Å²) in [5.74, 6) is -0.0980. The van der Waals surface area contributed by atoms with Crippen LogP contribution in [0.4, 0.5) is 0 Å². The summed E-state index contributed by atoms with van der Waals surface area (Å²) in [4.78, 5) is 15.1. The fraction of sp³-hybridized carbons (Fsp3) is 0.385. The highest BCUT2D eigenvalue weighted by molar-refractivity contribution is 5.75. The molecular weight excluding hydrogens is 218 g/mol. The molecule has 1 aromatic heterocycles. The fourth-order valence-electron chi connectivity index (χ4n) is 2.38. The summed E-state index contributed by atoms with van der Waals surface area (Å²) in [5, 5.41) is 8.93. The number of carbonyl (C=O) groups is 1. The molecule has 0 atom stereocenters. The van der Waals surface area contributed by atoms with E-state index in [9.17, 15) is 4.79 Å². The second-order valence-corrected chi connectivity index (χ2v) is 4.77. The van der Waals surface area contributed by atoms with Crippen LogP contribution in [0.2, 0.25) is 0 Å². The van der Waals surface area contributed by atoms with Gasteiger partial charge in [-0.2, -0.15) is 0 Å². The van der Waals surface area contributed by atoms with Crippen LogP contribution < -0.4 is 0 Å². The number of rotatable bonds is 3. The highest BCUT2D eigenvalue weighted by atomic mass is 16.4. The number of oxazole rings is 1. The van der Waals surface area contributed by atoms with Gasteiger partial charge < -0.3 is 9.52 Å². The van der Waals surface area contributed by atoms with E-state index in [-0.39, 0.29) is 11.8 Å². The number of fused-ring (bicyclic) bond motifs is 1. The van der Waals surface area contributed by atoms with Gasteiger partial charge in [-0.1, -0.05) is 6.07 Å². The lowest BCUT2D eigenvalue weighted by Crippen LogP contribution is -2.12. The molecule has 0 unspecified atom stereocenters. The normalized spacial score (nSPS) is 17.2. The van der Waals surface area contributed by atoms with Crippen LogP contribution in [0.15, 0.2) is 22.6 Å².